The van der Waals surface area contributed by atoms with Gasteiger partial charge in [-0.05, 0) is 37.7 Å². The van der Waals surface area contributed by atoms with Crippen LogP contribution >= 0.6 is 15.9 Å². The maximum atomic E-state index is 3.59. The molecule has 1 aliphatic rings. The molecule has 0 aromatic heterocycles. The van der Waals surface area contributed by atoms with Gasteiger partial charge < -0.3 is 10.2 Å². The minimum Gasteiger partial charge on any atom is -0.309 e. The number of halogens is 1. The third kappa shape index (κ3) is 3.30. The van der Waals surface area contributed by atoms with Crippen molar-refractivity contribution in [2.45, 2.75) is 19.0 Å². The zero-order valence-electron chi connectivity index (χ0n) is 9.04. The van der Waals surface area contributed by atoms with Gasteiger partial charge in [-0.3, -0.25) is 0 Å². The second-order valence-electron chi connectivity index (χ2n) is 4.26. The lowest BCUT2D eigenvalue weighted by Crippen LogP contribution is -2.30. The van der Waals surface area contributed by atoms with E-state index in [0.29, 0.717) is 6.04 Å². The van der Waals surface area contributed by atoms with E-state index in [2.05, 4.69) is 57.5 Å². The molecule has 0 amide bonds. The highest BCUT2D eigenvalue weighted by atomic mass is 79.9. The van der Waals surface area contributed by atoms with Crippen LogP contribution in [0.15, 0.2) is 28.7 Å². The molecule has 2 rings (SSSR count). The number of nitrogens with zero attached hydrogens (tertiary/aromatic N) is 1. The molecule has 0 radical (unpaired) electrons. The molecule has 0 spiro atoms. The standard InChI is InChI=1S/C12H17BrN2/c1-15-6-5-12(9-15)14-8-10-3-2-4-11(13)7-10/h2-4,7,12,14H,5-6,8-9H2,1H3. The van der Waals surface area contributed by atoms with Gasteiger partial charge in [0.05, 0.1) is 0 Å². The molecule has 82 valence electrons. The average molecular weight is 269 g/mol. The Morgan fingerprint density at radius 1 is 1.53 bits per heavy atom. The summed E-state index contributed by atoms with van der Waals surface area (Å²) in [6, 6.07) is 9.14. The summed E-state index contributed by atoms with van der Waals surface area (Å²) < 4.78 is 1.16. The smallest absolute Gasteiger partial charge is 0.0210 e. The topological polar surface area (TPSA) is 15.3 Å². The largest absolute Gasteiger partial charge is 0.309 e. The summed E-state index contributed by atoms with van der Waals surface area (Å²) in [5.74, 6) is 0. The predicted molar refractivity (Wildman–Crippen MR) is 66.9 cm³/mol. The van der Waals surface area contributed by atoms with E-state index in [9.17, 15) is 0 Å². The van der Waals surface area contributed by atoms with Gasteiger partial charge in [0.15, 0.2) is 0 Å². The van der Waals surface area contributed by atoms with E-state index in [4.69, 9.17) is 0 Å². The van der Waals surface area contributed by atoms with Crippen molar-refractivity contribution in [2.75, 3.05) is 20.1 Å². The number of nitrogens with one attached hydrogen (secondary N) is 1. The number of likely N-dealkylation sites (N-methyl/N-ethyl adjacent to an activating group) is 1. The predicted octanol–water partition coefficient (Wildman–Crippen LogP) is 2.24. The van der Waals surface area contributed by atoms with Crippen molar-refractivity contribution in [3.63, 3.8) is 0 Å². The minimum atomic E-state index is 0.661. The zero-order chi connectivity index (χ0) is 10.7. The quantitative estimate of drug-likeness (QED) is 0.905. The highest BCUT2D eigenvalue weighted by Gasteiger charge is 2.18. The summed E-state index contributed by atoms with van der Waals surface area (Å²) in [7, 11) is 2.18. The first-order chi connectivity index (χ1) is 7.24. The minimum absolute atomic E-state index is 0.661. The van der Waals surface area contributed by atoms with E-state index >= 15 is 0 Å². The van der Waals surface area contributed by atoms with Gasteiger partial charge in [0.2, 0.25) is 0 Å². The monoisotopic (exact) mass is 268 g/mol. The van der Waals surface area contributed by atoms with E-state index in [1.807, 2.05) is 0 Å². The molecule has 2 nitrogen and oxygen atoms in total. The van der Waals surface area contributed by atoms with Crippen molar-refractivity contribution in [1.29, 1.82) is 0 Å². The second kappa shape index (κ2) is 5.10. The highest BCUT2D eigenvalue weighted by Crippen LogP contribution is 2.12. The van der Waals surface area contributed by atoms with Crippen LogP contribution in [0.25, 0.3) is 0 Å². The molecular formula is C12H17BrN2. The maximum absolute atomic E-state index is 3.59. The number of hydrogen-bond acceptors (Lipinski definition) is 2. The first kappa shape index (κ1) is 11.1. The van der Waals surface area contributed by atoms with Crippen molar-refractivity contribution in [2.24, 2.45) is 0 Å². The van der Waals surface area contributed by atoms with Crippen LogP contribution in [0.1, 0.15) is 12.0 Å². The van der Waals surface area contributed by atoms with Crippen molar-refractivity contribution >= 4 is 15.9 Å². The van der Waals surface area contributed by atoms with Crippen LogP contribution < -0.4 is 5.32 Å². The van der Waals surface area contributed by atoms with Gasteiger partial charge in [-0.15, -0.1) is 0 Å². The molecule has 1 aromatic carbocycles. The van der Waals surface area contributed by atoms with Crippen molar-refractivity contribution in [1.82, 2.24) is 10.2 Å². The highest BCUT2D eigenvalue weighted by molar-refractivity contribution is 9.10. The first-order valence-corrected chi connectivity index (χ1v) is 6.20. The summed E-state index contributed by atoms with van der Waals surface area (Å²) in [5, 5.41) is 3.59. The fourth-order valence-corrected chi connectivity index (χ4v) is 2.46. The molecule has 1 aliphatic heterocycles. The summed E-state index contributed by atoms with van der Waals surface area (Å²) >= 11 is 3.49. The van der Waals surface area contributed by atoms with Crippen LogP contribution in [-0.4, -0.2) is 31.1 Å². The molecule has 1 atom stereocenters. The lowest BCUT2D eigenvalue weighted by Gasteiger charge is -2.12. The Morgan fingerprint density at radius 3 is 3.07 bits per heavy atom. The van der Waals surface area contributed by atoms with E-state index in [1.165, 1.54) is 25.1 Å². The second-order valence-corrected chi connectivity index (χ2v) is 5.17. The van der Waals surface area contributed by atoms with E-state index in [0.717, 1.165) is 11.0 Å². The molecule has 0 bridgehead atoms. The molecule has 1 saturated heterocycles. The Morgan fingerprint density at radius 2 is 2.40 bits per heavy atom. The Hall–Kier alpha value is -0.380. The lowest BCUT2D eigenvalue weighted by molar-refractivity contribution is 0.397. The van der Waals surface area contributed by atoms with Gasteiger partial charge in [-0.1, -0.05) is 28.1 Å². The van der Waals surface area contributed by atoms with Gasteiger partial charge in [0.1, 0.15) is 0 Å². The van der Waals surface area contributed by atoms with Crippen LogP contribution in [0, 0.1) is 0 Å². The molecule has 15 heavy (non-hydrogen) atoms. The van der Waals surface area contributed by atoms with Gasteiger partial charge >= 0.3 is 0 Å². The normalized spacial score (nSPS) is 22.1. The third-order valence-corrected chi connectivity index (χ3v) is 3.37. The van der Waals surface area contributed by atoms with Crippen LogP contribution in [0.4, 0.5) is 0 Å². The van der Waals surface area contributed by atoms with E-state index < -0.39 is 0 Å². The van der Waals surface area contributed by atoms with Crippen molar-refractivity contribution < 1.29 is 0 Å². The lowest BCUT2D eigenvalue weighted by atomic mass is 10.2. The number of hydrogen-bond donors (Lipinski definition) is 1. The third-order valence-electron chi connectivity index (χ3n) is 2.88. The Kier molecular flexibility index (Phi) is 3.78. The van der Waals surface area contributed by atoms with Crippen molar-refractivity contribution in [3.8, 4) is 0 Å². The van der Waals surface area contributed by atoms with Gasteiger partial charge in [0.25, 0.3) is 0 Å². The Labute approximate surface area is 99.8 Å². The van der Waals surface area contributed by atoms with Gasteiger partial charge in [-0.2, -0.15) is 0 Å². The van der Waals surface area contributed by atoms with Crippen molar-refractivity contribution in [3.05, 3.63) is 34.3 Å². The van der Waals surface area contributed by atoms with E-state index in [1.54, 1.807) is 0 Å². The molecule has 0 aliphatic carbocycles. The summed E-state index contributed by atoms with van der Waals surface area (Å²) in [4.78, 5) is 2.37. The van der Waals surface area contributed by atoms with Crippen LogP contribution in [-0.2, 0) is 6.54 Å². The molecule has 1 fully saturated rings. The molecule has 1 N–H and O–H groups in total. The number of likely N-dealkylation sites (tertiary alicyclic amines) is 1. The molecule has 3 heteroatoms. The average Bonchev–Trinajstić information content (AvgIpc) is 2.62. The SMILES string of the molecule is CN1CCC(NCc2cccc(Br)c2)C1. The van der Waals surface area contributed by atoms with E-state index in [-0.39, 0.29) is 0 Å². The Balaban J connectivity index is 1.83. The van der Waals surface area contributed by atoms with Crippen LogP contribution in [0.3, 0.4) is 0 Å². The molecule has 0 saturated carbocycles. The fraction of sp³-hybridized carbons (Fsp3) is 0.500. The molecule has 1 aromatic rings. The first-order valence-electron chi connectivity index (χ1n) is 5.40. The Bertz CT molecular complexity index is 327. The summed E-state index contributed by atoms with van der Waals surface area (Å²) in [5.41, 5.74) is 1.35. The molecule has 1 heterocycles. The summed E-state index contributed by atoms with van der Waals surface area (Å²) in [6.45, 7) is 3.36. The fourth-order valence-electron chi connectivity index (χ4n) is 2.01. The van der Waals surface area contributed by atoms with Gasteiger partial charge in [0, 0.05) is 23.6 Å². The summed E-state index contributed by atoms with van der Waals surface area (Å²) in [6.07, 6.45) is 1.27. The van der Waals surface area contributed by atoms with Crippen LogP contribution in [0.2, 0.25) is 0 Å². The van der Waals surface area contributed by atoms with Crippen LogP contribution in [0.5, 0.6) is 0 Å². The number of rotatable bonds is 3. The molecular weight excluding hydrogens is 252 g/mol. The number of benzene rings is 1. The molecule has 1 unspecified atom stereocenters. The zero-order valence-corrected chi connectivity index (χ0v) is 10.6. The van der Waals surface area contributed by atoms with Gasteiger partial charge in [-0.25, -0.2) is 0 Å². The maximum Gasteiger partial charge on any atom is 0.0210 e.